The second-order valence-electron chi connectivity index (χ2n) is 4.11. The maximum Gasteiger partial charge on any atom is 0.126 e. The number of nitrogens with one attached hydrogen (secondary N) is 1. The van der Waals surface area contributed by atoms with Gasteiger partial charge in [0.15, 0.2) is 0 Å². The second kappa shape index (κ2) is 3.96. The van der Waals surface area contributed by atoms with Crippen molar-refractivity contribution in [2.45, 2.75) is 31.7 Å². The molecule has 3 heteroatoms. The number of pyridine rings is 1. The standard InChI is InChI=1S/C11H17N3/c1-8(12)7-14-11-6-10(4-5-13-11)9-2-3-9/h4-6,8-9H,2-3,7,12H2,1H3,(H,13,14). The lowest BCUT2D eigenvalue weighted by Gasteiger charge is -2.08. The van der Waals surface area contributed by atoms with Gasteiger partial charge in [-0.15, -0.1) is 0 Å². The van der Waals surface area contributed by atoms with Crippen LogP contribution in [0.3, 0.4) is 0 Å². The Morgan fingerprint density at radius 1 is 1.64 bits per heavy atom. The largest absolute Gasteiger partial charge is 0.369 e. The van der Waals surface area contributed by atoms with Crippen LogP contribution in [0.5, 0.6) is 0 Å². The number of hydrogen-bond acceptors (Lipinski definition) is 3. The van der Waals surface area contributed by atoms with E-state index in [1.54, 1.807) is 0 Å². The number of anilines is 1. The van der Waals surface area contributed by atoms with E-state index < -0.39 is 0 Å². The Morgan fingerprint density at radius 3 is 3.07 bits per heavy atom. The summed E-state index contributed by atoms with van der Waals surface area (Å²) in [5.74, 6) is 1.74. The number of rotatable bonds is 4. The quantitative estimate of drug-likeness (QED) is 0.762. The summed E-state index contributed by atoms with van der Waals surface area (Å²) in [6.07, 6.45) is 4.53. The van der Waals surface area contributed by atoms with Gasteiger partial charge in [-0.2, -0.15) is 0 Å². The fraction of sp³-hybridized carbons (Fsp3) is 0.545. The van der Waals surface area contributed by atoms with Gasteiger partial charge in [-0.3, -0.25) is 0 Å². The zero-order chi connectivity index (χ0) is 9.97. The van der Waals surface area contributed by atoms with Crippen LogP contribution in [0, 0.1) is 0 Å². The minimum Gasteiger partial charge on any atom is -0.369 e. The fourth-order valence-electron chi connectivity index (χ4n) is 1.48. The van der Waals surface area contributed by atoms with Crippen LogP contribution >= 0.6 is 0 Å². The van der Waals surface area contributed by atoms with Crippen molar-refractivity contribution in [1.29, 1.82) is 0 Å². The molecule has 1 saturated carbocycles. The zero-order valence-electron chi connectivity index (χ0n) is 8.53. The molecule has 76 valence electrons. The summed E-state index contributed by atoms with van der Waals surface area (Å²) >= 11 is 0. The molecular formula is C11H17N3. The van der Waals surface area contributed by atoms with Gasteiger partial charge in [0.25, 0.3) is 0 Å². The average molecular weight is 191 g/mol. The van der Waals surface area contributed by atoms with Crippen molar-refractivity contribution >= 4 is 5.82 Å². The molecule has 1 atom stereocenters. The Balaban J connectivity index is 1.99. The molecule has 1 aromatic rings. The highest BCUT2D eigenvalue weighted by Crippen LogP contribution is 2.40. The van der Waals surface area contributed by atoms with Crippen LogP contribution in [-0.4, -0.2) is 17.6 Å². The summed E-state index contributed by atoms with van der Waals surface area (Å²) in [4.78, 5) is 4.25. The number of hydrogen-bond donors (Lipinski definition) is 2. The zero-order valence-corrected chi connectivity index (χ0v) is 8.53. The van der Waals surface area contributed by atoms with E-state index in [0.29, 0.717) is 0 Å². The summed E-state index contributed by atoms with van der Waals surface area (Å²) in [5, 5.41) is 3.23. The molecule has 1 aliphatic rings. The number of aromatic nitrogens is 1. The Kier molecular flexibility index (Phi) is 2.68. The molecular weight excluding hydrogens is 174 g/mol. The number of nitrogens with zero attached hydrogens (tertiary/aromatic N) is 1. The maximum atomic E-state index is 5.66. The van der Waals surface area contributed by atoms with E-state index in [4.69, 9.17) is 5.73 Å². The van der Waals surface area contributed by atoms with Crippen molar-refractivity contribution in [3.8, 4) is 0 Å². The van der Waals surface area contributed by atoms with Gasteiger partial charge >= 0.3 is 0 Å². The van der Waals surface area contributed by atoms with E-state index in [1.807, 2.05) is 13.1 Å². The summed E-state index contributed by atoms with van der Waals surface area (Å²) < 4.78 is 0. The van der Waals surface area contributed by atoms with Gasteiger partial charge in [0.1, 0.15) is 5.82 Å². The van der Waals surface area contributed by atoms with Gasteiger partial charge in [0, 0.05) is 18.8 Å². The van der Waals surface area contributed by atoms with Crippen molar-refractivity contribution in [3.63, 3.8) is 0 Å². The van der Waals surface area contributed by atoms with Gasteiger partial charge in [0.05, 0.1) is 0 Å². The third kappa shape index (κ3) is 2.45. The predicted molar refractivity (Wildman–Crippen MR) is 58.4 cm³/mol. The van der Waals surface area contributed by atoms with Gasteiger partial charge in [-0.25, -0.2) is 4.98 Å². The van der Waals surface area contributed by atoms with E-state index in [2.05, 4.69) is 22.4 Å². The summed E-state index contributed by atoms with van der Waals surface area (Å²) in [7, 11) is 0. The van der Waals surface area contributed by atoms with Crippen molar-refractivity contribution < 1.29 is 0 Å². The molecule has 1 aromatic heterocycles. The Bertz CT molecular complexity index is 305. The lowest BCUT2D eigenvalue weighted by atomic mass is 10.2. The van der Waals surface area contributed by atoms with E-state index in [0.717, 1.165) is 18.3 Å². The predicted octanol–water partition coefficient (Wildman–Crippen LogP) is 1.72. The fourth-order valence-corrected chi connectivity index (χ4v) is 1.48. The average Bonchev–Trinajstić information content (AvgIpc) is 2.98. The van der Waals surface area contributed by atoms with Crippen LogP contribution < -0.4 is 11.1 Å². The first-order valence-electron chi connectivity index (χ1n) is 5.21. The highest BCUT2D eigenvalue weighted by Gasteiger charge is 2.23. The van der Waals surface area contributed by atoms with E-state index in [1.165, 1.54) is 18.4 Å². The van der Waals surface area contributed by atoms with E-state index >= 15 is 0 Å². The smallest absolute Gasteiger partial charge is 0.126 e. The van der Waals surface area contributed by atoms with Gasteiger partial charge < -0.3 is 11.1 Å². The molecule has 2 rings (SSSR count). The van der Waals surface area contributed by atoms with Crippen molar-refractivity contribution in [3.05, 3.63) is 23.9 Å². The first kappa shape index (κ1) is 9.46. The minimum atomic E-state index is 0.168. The van der Waals surface area contributed by atoms with Crippen LogP contribution in [-0.2, 0) is 0 Å². The van der Waals surface area contributed by atoms with Crippen LogP contribution in [0.2, 0.25) is 0 Å². The molecule has 0 amide bonds. The van der Waals surface area contributed by atoms with Gasteiger partial charge in [-0.1, -0.05) is 0 Å². The van der Waals surface area contributed by atoms with Crippen LogP contribution in [0.4, 0.5) is 5.82 Å². The Labute approximate surface area is 84.7 Å². The Morgan fingerprint density at radius 2 is 2.43 bits per heavy atom. The first-order chi connectivity index (χ1) is 6.75. The van der Waals surface area contributed by atoms with Crippen molar-refractivity contribution in [2.24, 2.45) is 5.73 Å². The molecule has 0 aliphatic heterocycles. The summed E-state index contributed by atoms with van der Waals surface area (Å²) in [6.45, 7) is 2.76. The topological polar surface area (TPSA) is 50.9 Å². The first-order valence-corrected chi connectivity index (χ1v) is 5.21. The molecule has 1 aliphatic carbocycles. The molecule has 1 heterocycles. The van der Waals surface area contributed by atoms with Crippen LogP contribution in [0.15, 0.2) is 18.3 Å². The van der Waals surface area contributed by atoms with Crippen LogP contribution in [0.25, 0.3) is 0 Å². The molecule has 0 bridgehead atoms. The molecule has 0 aromatic carbocycles. The lowest BCUT2D eigenvalue weighted by molar-refractivity contribution is 0.777. The molecule has 1 unspecified atom stereocenters. The van der Waals surface area contributed by atoms with Crippen molar-refractivity contribution in [1.82, 2.24) is 4.98 Å². The van der Waals surface area contributed by atoms with Gasteiger partial charge in [0.2, 0.25) is 0 Å². The van der Waals surface area contributed by atoms with Gasteiger partial charge in [-0.05, 0) is 43.4 Å². The summed E-state index contributed by atoms with van der Waals surface area (Å²) in [6, 6.07) is 4.41. The minimum absolute atomic E-state index is 0.168. The molecule has 0 radical (unpaired) electrons. The Hall–Kier alpha value is -1.09. The SMILES string of the molecule is CC(N)CNc1cc(C2CC2)ccn1. The third-order valence-corrected chi connectivity index (χ3v) is 2.44. The highest BCUT2D eigenvalue weighted by atomic mass is 15.0. The molecule has 3 nitrogen and oxygen atoms in total. The molecule has 0 spiro atoms. The molecule has 1 fully saturated rings. The maximum absolute atomic E-state index is 5.66. The monoisotopic (exact) mass is 191 g/mol. The molecule has 0 saturated heterocycles. The number of nitrogens with two attached hydrogens (primary N) is 1. The van der Waals surface area contributed by atoms with E-state index in [9.17, 15) is 0 Å². The lowest BCUT2D eigenvalue weighted by Crippen LogP contribution is -2.25. The van der Waals surface area contributed by atoms with Crippen LogP contribution in [0.1, 0.15) is 31.2 Å². The second-order valence-corrected chi connectivity index (χ2v) is 4.11. The normalized spacial score (nSPS) is 17.9. The van der Waals surface area contributed by atoms with Crippen molar-refractivity contribution in [2.75, 3.05) is 11.9 Å². The highest BCUT2D eigenvalue weighted by molar-refractivity contribution is 5.40. The molecule has 14 heavy (non-hydrogen) atoms. The third-order valence-electron chi connectivity index (χ3n) is 2.44. The van der Waals surface area contributed by atoms with E-state index in [-0.39, 0.29) is 6.04 Å². The summed E-state index contributed by atoms with van der Waals surface area (Å²) in [5.41, 5.74) is 7.07. The molecule has 3 N–H and O–H groups in total.